The molecule has 2 aromatic rings. The van der Waals surface area contributed by atoms with Crippen LogP contribution in [-0.4, -0.2) is 19.8 Å². The molecule has 0 radical (unpaired) electrons. The number of hydrogen-bond acceptors (Lipinski definition) is 3. The van der Waals surface area contributed by atoms with Crippen LogP contribution in [0.4, 0.5) is 0 Å². The molecule has 0 saturated heterocycles. The van der Waals surface area contributed by atoms with E-state index in [1.165, 1.54) is 16.7 Å². The number of rotatable bonds is 5. The summed E-state index contributed by atoms with van der Waals surface area (Å²) in [5.41, 5.74) is 9.74. The predicted octanol–water partition coefficient (Wildman–Crippen LogP) is 3.30. The fourth-order valence-electron chi connectivity index (χ4n) is 3.01. The molecule has 0 saturated carbocycles. The van der Waals surface area contributed by atoms with Crippen molar-refractivity contribution in [1.29, 1.82) is 0 Å². The second kappa shape index (κ2) is 6.41. The van der Waals surface area contributed by atoms with Gasteiger partial charge >= 0.3 is 0 Å². The van der Waals surface area contributed by atoms with Crippen LogP contribution in [0, 0.1) is 0 Å². The predicted molar refractivity (Wildman–Crippen MR) is 88.7 cm³/mol. The van der Waals surface area contributed by atoms with Crippen LogP contribution in [0.1, 0.15) is 29.5 Å². The van der Waals surface area contributed by atoms with Gasteiger partial charge in [-0.05, 0) is 41.3 Å². The Morgan fingerprint density at radius 3 is 2.36 bits per heavy atom. The van der Waals surface area contributed by atoms with Crippen molar-refractivity contribution in [3.8, 4) is 11.5 Å². The molecule has 3 nitrogen and oxygen atoms in total. The monoisotopic (exact) mass is 297 g/mol. The molecule has 3 rings (SSSR count). The van der Waals surface area contributed by atoms with E-state index in [-0.39, 0.29) is 6.10 Å². The maximum absolute atomic E-state index is 6.25. The third-order valence-electron chi connectivity index (χ3n) is 4.42. The third-order valence-corrected chi connectivity index (χ3v) is 4.42. The van der Waals surface area contributed by atoms with Crippen molar-refractivity contribution in [2.24, 2.45) is 5.73 Å². The first-order chi connectivity index (χ1) is 10.7. The number of nitrogens with two attached hydrogens (primary N) is 1. The topological polar surface area (TPSA) is 44.5 Å². The van der Waals surface area contributed by atoms with Gasteiger partial charge in [-0.2, -0.15) is 0 Å². The Hall–Kier alpha value is -2.00. The highest BCUT2D eigenvalue weighted by Gasteiger charge is 2.23. The van der Waals surface area contributed by atoms with Gasteiger partial charge in [-0.25, -0.2) is 0 Å². The fraction of sp³-hybridized carbons (Fsp3) is 0.368. The van der Waals surface area contributed by atoms with Crippen molar-refractivity contribution in [3.05, 3.63) is 59.2 Å². The summed E-state index contributed by atoms with van der Waals surface area (Å²) in [6.45, 7) is 2.75. The molecule has 0 bridgehead atoms. The molecular formula is C19H23NO2. The van der Waals surface area contributed by atoms with Gasteiger partial charge in [0.05, 0.1) is 7.11 Å². The van der Waals surface area contributed by atoms with Crippen LogP contribution < -0.4 is 15.2 Å². The minimum absolute atomic E-state index is 0.176. The van der Waals surface area contributed by atoms with Gasteiger partial charge in [0.25, 0.3) is 0 Å². The summed E-state index contributed by atoms with van der Waals surface area (Å²) in [5.74, 6) is 1.91. The Morgan fingerprint density at radius 2 is 1.77 bits per heavy atom. The van der Waals surface area contributed by atoms with Crippen molar-refractivity contribution in [1.82, 2.24) is 0 Å². The average molecular weight is 297 g/mol. The van der Waals surface area contributed by atoms with E-state index < -0.39 is 0 Å². The largest absolute Gasteiger partial charge is 0.493 e. The maximum Gasteiger partial charge on any atom is 0.161 e. The number of ether oxygens (including phenoxy) is 2. The molecule has 0 heterocycles. The van der Waals surface area contributed by atoms with Gasteiger partial charge < -0.3 is 15.2 Å². The molecule has 2 aromatic carbocycles. The summed E-state index contributed by atoms with van der Waals surface area (Å²) in [7, 11) is 1.68. The van der Waals surface area contributed by atoms with Gasteiger partial charge in [0.15, 0.2) is 11.5 Å². The minimum atomic E-state index is 0.176. The smallest absolute Gasteiger partial charge is 0.161 e. The SMILES string of the molecule is COc1ccc(C(C)CN)cc1OC1Cc2ccccc2C1. The molecule has 116 valence electrons. The van der Waals surface area contributed by atoms with Crippen molar-refractivity contribution in [2.75, 3.05) is 13.7 Å². The zero-order valence-electron chi connectivity index (χ0n) is 13.2. The zero-order valence-corrected chi connectivity index (χ0v) is 13.2. The number of fused-ring (bicyclic) bond motifs is 1. The van der Waals surface area contributed by atoms with Crippen molar-refractivity contribution in [2.45, 2.75) is 31.8 Å². The maximum atomic E-state index is 6.25. The van der Waals surface area contributed by atoms with E-state index in [1.54, 1.807) is 7.11 Å². The van der Waals surface area contributed by atoms with Crippen molar-refractivity contribution in [3.63, 3.8) is 0 Å². The molecule has 0 aliphatic heterocycles. The molecule has 1 atom stereocenters. The summed E-state index contributed by atoms with van der Waals surface area (Å²) in [6, 6.07) is 14.6. The summed E-state index contributed by atoms with van der Waals surface area (Å²) < 4.78 is 11.7. The highest BCUT2D eigenvalue weighted by molar-refractivity contribution is 5.44. The van der Waals surface area contributed by atoms with Gasteiger partial charge in [-0.3, -0.25) is 0 Å². The first-order valence-corrected chi connectivity index (χ1v) is 7.82. The standard InChI is InChI=1S/C19H23NO2/c1-13(12-20)14-7-8-18(21-2)19(11-14)22-17-9-15-5-3-4-6-16(15)10-17/h3-8,11,13,17H,9-10,12,20H2,1-2H3. The van der Waals surface area contributed by atoms with Crippen LogP contribution >= 0.6 is 0 Å². The third kappa shape index (κ3) is 2.95. The Bertz CT molecular complexity index is 629. The van der Waals surface area contributed by atoms with Crippen LogP contribution in [0.5, 0.6) is 11.5 Å². The van der Waals surface area contributed by atoms with E-state index in [1.807, 2.05) is 6.07 Å². The summed E-state index contributed by atoms with van der Waals surface area (Å²) in [6.07, 6.45) is 2.08. The first kappa shape index (κ1) is 14.9. The zero-order chi connectivity index (χ0) is 15.5. The van der Waals surface area contributed by atoms with Crippen LogP contribution in [0.15, 0.2) is 42.5 Å². The van der Waals surface area contributed by atoms with Crippen LogP contribution in [0.2, 0.25) is 0 Å². The number of benzene rings is 2. The van der Waals surface area contributed by atoms with Crippen LogP contribution in [0.3, 0.4) is 0 Å². The highest BCUT2D eigenvalue weighted by atomic mass is 16.5. The summed E-state index contributed by atoms with van der Waals surface area (Å²) in [4.78, 5) is 0. The van der Waals surface area contributed by atoms with E-state index >= 15 is 0 Å². The normalized spacial score (nSPS) is 15.4. The fourth-order valence-corrected chi connectivity index (χ4v) is 3.01. The average Bonchev–Trinajstić information content (AvgIpc) is 2.96. The van der Waals surface area contributed by atoms with Gasteiger partial charge in [0, 0.05) is 12.8 Å². The minimum Gasteiger partial charge on any atom is -0.493 e. The Balaban J connectivity index is 1.80. The molecule has 1 unspecified atom stereocenters. The Morgan fingerprint density at radius 1 is 1.09 bits per heavy atom. The van der Waals surface area contributed by atoms with Crippen molar-refractivity contribution >= 4 is 0 Å². The van der Waals surface area contributed by atoms with E-state index in [2.05, 4.69) is 43.3 Å². The number of hydrogen-bond donors (Lipinski definition) is 1. The Kier molecular flexibility index (Phi) is 4.34. The second-order valence-electron chi connectivity index (χ2n) is 5.96. The molecule has 2 N–H and O–H groups in total. The molecule has 1 aliphatic carbocycles. The van der Waals surface area contributed by atoms with Crippen LogP contribution in [-0.2, 0) is 12.8 Å². The summed E-state index contributed by atoms with van der Waals surface area (Å²) >= 11 is 0. The number of methoxy groups -OCH3 is 1. The second-order valence-corrected chi connectivity index (χ2v) is 5.96. The highest BCUT2D eigenvalue weighted by Crippen LogP contribution is 2.34. The molecule has 3 heteroatoms. The quantitative estimate of drug-likeness (QED) is 0.921. The van der Waals surface area contributed by atoms with Gasteiger partial charge in [0.2, 0.25) is 0 Å². The lowest BCUT2D eigenvalue weighted by Crippen LogP contribution is -2.17. The van der Waals surface area contributed by atoms with E-state index in [0.717, 1.165) is 24.3 Å². The lowest BCUT2D eigenvalue weighted by Gasteiger charge is -2.18. The molecular weight excluding hydrogens is 274 g/mol. The van der Waals surface area contributed by atoms with Gasteiger partial charge in [-0.1, -0.05) is 37.3 Å². The lowest BCUT2D eigenvalue weighted by atomic mass is 10.0. The summed E-state index contributed by atoms with van der Waals surface area (Å²) in [5, 5.41) is 0. The molecule has 1 aliphatic rings. The van der Waals surface area contributed by atoms with Gasteiger partial charge in [0.1, 0.15) is 6.10 Å². The lowest BCUT2D eigenvalue weighted by molar-refractivity contribution is 0.204. The molecule has 22 heavy (non-hydrogen) atoms. The van der Waals surface area contributed by atoms with E-state index in [4.69, 9.17) is 15.2 Å². The molecule has 0 amide bonds. The molecule has 0 fully saturated rings. The van der Waals surface area contributed by atoms with Gasteiger partial charge in [-0.15, -0.1) is 0 Å². The van der Waals surface area contributed by atoms with E-state index in [9.17, 15) is 0 Å². The molecule has 0 spiro atoms. The van der Waals surface area contributed by atoms with E-state index in [0.29, 0.717) is 12.5 Å². The van der Waals surface area contributed by atoms with Crippen LogP contribution in [0.25, 0.3) is 0 Å². The first-order valence-electron chi connectivity index (χ1n) is 7.82. The molecule has 0 aromatic heterocycles. The van der Waals surface area contributed by atoms with Crippen molar-refractivity contribution < 1.29 is 9.47 Å². The Labute approximate surface area is 132 Å².